The number of nitrogens with zero attached hydrogens (tertiary/aromatic N) is 2. The van der Waals surface area contributed by atoms with E-state index in [4.69, 9.17) is 4.74 Å². The average molecular weight is 424 g/mol. The van der Waals surface area contributed by atoms with E-state index in [-0.39, 0.29) is 12.0 Å². The summed E-state index contributed by atoms with van der Waals surface area (Å²) in [6, 6.07) is 14.1. The summed E-state index contributed by atoms with van der Waals surface area (Å²) in [5, 5.41) is 9.43. The number of anilines is 1. The van der Waals surface area contributed by atoms with Crippen LogP contribution in [0.1, 0.15) is 42.2 Å². The maximum atomic E-state index is 12.2. The number of amides is 1. The molecule has 1 aromatic heterocycles. The van der Waals surface area contributed by atoms with Crippen molar-refractivity contribution in [3.63, 3.8) is 0 Å². The first kappa shape index (κ1) is 22.7. The molecule has 7 nitrogen and oxygen atoms in total. The predicted molar refractivity (Wildman–Crippen MR) is 124 cm³/mol. The zero-order chi connectivity index (χ0) is 22.1. The van der Waals surface area contributed by atoms with E-state index in [0.717, 1.165) is 31.7 Å². The van der Waals surface area contributed by atoms with Gasteiger partial charge >= 0.3 is 0 Å². The molecule has 0 radical (unpaired) electrons. The minimum atomic E-state index is -0.0823. The van der Waals surface area contributed by atoms with Gasteiger partial charge in [0.15, 0.2) is 5.96 Å². The molecule has 1 saturated heterocycles. The smallest absolute Gasteiger partial charge is 0.227 e. The molecule has 2 unspecified atom stereocenters. The van der Waals surface area contributed by atoms with Crippen LogP contribution in [-0.4, -0.2) is 43.6 Å². The Labute approximate surface area is 184 Å². The molecule has 0 spiro atoms. The van der Waals surface area contributed by atoms with Gasteiger partial charge in [0.1, 0.15) is 5.82 Å². The van der Waals surface area contributed by atoms with Crippen molar-refractivity contribution in [3.8, 4) is 0 Å². The first-order valence-electron chi connectivity index (χ1n) is 10.9. The second-order valence-electron chi connectivity index (χ2n) is 7.95. The van der Waals surface area contributed by atoms with Crippen molar-refractivity contribution in [2.75, 3.05) is 32.1 Å². The van der Waals surface area contributed by atoms with Crippen molar-refractivity contribution in [3.05, 3.63) is 59.3 Å². The quantitative estimate of drug-likeness (QED) is 0.470. The highest BCUT2D eigenvalue weighted by atomic mass is 16.5. The largest absolute Gasteiger partial charge is 0.373 e. The van der Waals surface area contributed by atoms with Crippen LogP contribution in [0.4, 0.5) is 5.82 Å². The van der Waals surface area contributed by atoms with Crippen molar-refractivity contribution in [1.82, 2.24) is 15.6 Å². The molecule has 1 aliphatic heterocycles. The number of benzene rings is 1. The van der Waals surface area contributed by atoms with Gasteiger partial charge in [0.2, 0.25) is 5.91 Å². The van der Waals surface area contributed by atoms with Crippen LogP contribution in [-0.2, 0) is 9.53 Å². The lowest BCUT2D eigenvalue weighted by Crippen LogP contribution is -2.42. The highest BCUT2D eigenvalue weighted by Gasteiger charge is 2.27. The summed E-state index contributed by atoms with van der Waals surface area (Å²) in [6.07, 6.45) is 2.59. The Kier molecular flexibility index (Phi) is 8.41. The molecule has 1 fully saturated rings. The Hall–Kier alpha value is -2.93. The van der Waals surface area contributed by atoms with E-state index in [1.807, 2.05) is 19.1 Å². The van der Waals surface area contributed by atoms with Crippen LogP contribution in [0, 0.1) is 19.8 Å². The fourth-order valence-corrected chi connectivity index (χ4v) is 3.74. The lowest BCUT2D eigenvalue weighted by molar-refractivity contribution is -0.116. The van der Waals surface area contributed by atoms with Crippen LogP contribution < -0.4 is 16.0 Å². The number of aliphatic imine (C=N–C) groups is 1. The van der Waals surface area contributed by atoms with Gasteiger partial charge in [-0.05, 0) is 44.4 Å². The molecule has 1 aromatic carbocycles. The van der Waals surface area contributed by atoms with E-state index in [1.165, 1.54) is 11.1 Å². The van der Waals surface area contributed by atoms with Gasteiger partial charge in [0, 0.05) is 44.8 Å². The van der Waals surface area contributed by atoms with E-state index in [2.05, 4.69) is 57.1 Å². The van der Waals surface area contributed by atoms with E-state index >= 15 is 0 Å². The lowest BCUT2D eigenvalue weighted by Gasteiger charge is -2.32. The molecule has 166 valence electrons. The number of aromatic nitrogens is 1. The molecule has 0 bridgehead atoms. The number of hydrogen-bond acceptors (Lipinski definition) is 4. The van der Waals surface area contributed by atoms with E-state index in [0.29, 0.717) is 30.7 Å². The molecule has 31 heavy (non-hydrogen) atoms. The molecule has 7 heteroatoms. The van der Waals surface area contributed by atoms with Gasteiger partial charge in [-0.3, -0.25) is 9.79 Å². The third-order valence-electron chi connectivity index (χ3n) is 5.41. The summed E-state index contributed by atoms with van der Waals surface area (Å²) in [5.41, 5.74) is 3.35. The number of hydrogen-bond donors (Lipinski definition) is 3. The van der Waals surface area contributed by atoms with Crippen molar-refractivity contribution in [2.24, 2.45) is 10.9 Å². The second kappa shape index (κ2) is 11.5. The second-order valence-corrected chi connectivity index (χ2v) is 7.95. The van der Waals surface area contributed by atoms with Crippen LogP contribution in [0.25, 0.3) is 0 Å². The van der Waals surface area contributed by atoms with Crippen molar-refractivity contribution >= 4 is 17.7 Å². The molecule has 1 amide bonds. The van der Waals surface area contributed by atoms with E-state index in [1.54, 1.807) is 13.1 Å². The summed E-state index contributed by atoms with van der Waals surface area (Å²) in [5.74, 6) is 1.55. The molecular weight excluding hydrogens is 390 g/mol. The van der Waals surface area contributed by atoms with Gasteiger partial charge in [-0.2, -0.15) is 0 Å². The normalized spacial score (nSPS) is 19.0. The maximum absolute atomic E-state index is 12.2. The monoisotopic (exact) mass is 423 g/mol. The van der Waals surface area contributed by atoms with Gasteiger partial charge in [-0.25, -0.2) is 4.98 Å². The third kappa shape index (κ3) is 7.07. The summed E-state index contributed by atoms with van der Waals surface area (Å²) in [6.45, 7) is 6.04. The topological polar surface area (TPSA) is 87.6 Å². The summed E-state index contributed by atoms with van der Waals surface area (Å²) >= 11 is 0. The Morgan fingerprint density at radius 2 is 1.97 bits per heavy atom. The number of nitrogens with one attached hydrogen (secondary N) is 3. The Bertz CT molecular complexity index is 882. The SMILES string of the molecule is CN=C(NCCC(=O)Nc1cccc(C)n1)NCC1CCCOC1c1ccc(C)cc1. The van der Waals surface area contributed by atoms with Gasteiger partial charge < -0.3 is 20.7 Å². The molecule has 3 N–H and O–H groups in total. The Morgan fingerprint density at radius 3 is 2.71 bits per heavy atom. The minimum absolute atomic E-state index is 0.0823. The standard InChI is InChI=1S/C24H33N5O2/c1-17-9-11-19(12-10-17)23-20(7-5-15-31-23)16-27-24(25-3)26-14-13-22(30)29-21-8-4-6-18(2)28-21/h4,6,8-12,20,23H,5,7,13-16H2,1-3H3,(H2,25,26,27)(H,28,29,30). The van der Waals surface area contributed by atoms with E-state index in [9.17, 15) is 4.79 Å². The zero-order valence-electron chi connectivity index (χ0n) is 18.6. The van der Waals surface area contributed by atoms with Gasteiger partial charge in [-0.15, -0.1) is 0 Å². The number of carbonyl (C=O) groups excluding carboxylic acids is 1. The molecule has 3 rings (SSSR count). The predicted octanol–water partition coefficient (Wildman–Crippen LogP) is 3.36. The average Bonchev–Trinajstić information content (AvgIpc) is 2.77. The highest BCUT2D eigenvalue weighted by Crippen LogP contribution is 2.33. The highest BCUT2D eigenvalue weighted by molar-refractivity contribution is 5.90. The molecule has 2 heterocycles. The van der Waals surface area contributed by atoms with Crippen LogP contribution in [0.2, 0.25) is 0 Å². The summed E-state index contributed by atoms with van der Waals surface area (Å²) < 4.78 is 6.10. The molecule has 1 aliphatic rings. The molecule has 2 aromatic rings. The van der Waals surface area contributed by atoms with Crippen LogP contribution >= 0.6 is 0 Å². The van der Waals surface area contributed by atoms with Crippen molar-refractivity contribution in [2.45, 2.75) is 39.2 Å². The number of pyridine rings is 1. The van der Waals surface area contributed by atoms with Crippen LogP contribution in [0.15, 0.2) is 47.5 Å². The van der Waals surface area contributed by atoms with Gasteiger partial charge in [-0.1, -0.05) is 35.9 Å². The Morgan fingerprint density at radius 1 is 1.16 bits per heavy atom. The van der Waals surface area contributed by atoms with Crippen molar-refractivity contribution in [1.29, 1.82) is 0 Å². The zero-order valence-corrected chi connectivity index (χ0v) is 18.6. The number of rotatable bonds is 7. The number of ether oxygens (including phenoxy) is 1. The molecule has 0 saturated carbocycles. The van der Waals surface area contributed by atoms with Crippen LogP contribution in [0.5, 0.6) is 0 Å². The minimum Gasteiger partial charge on any atom is -0.373 e. The third-order valence-corrected chi connectivity index (χ3v) is 5.41. The molecule has 0 aliphatic carbocycles. The molecular formula is C24H33N5O2. The lowest BCUT2D eigenvalue weighted by atomic mass is 9.89. The van der Waals surface area contributed by atoms with Crippen molar-refractivity contribution < 1.29 is 9.53 Å². The van der Waals surface area contributed by atoms with Gasteiger partial charge in [0.25, 0.3) is 0 Å². The summed E-state index contributed by atoms with van der Waals surface area (Å²) in [4.78, 5) is 20.7. The first-order valence-corrected chi connectivity index (χ1v) is 10.9. The molecule has 2 atom stereocenters. The van der Waals surface area contributed by atoms with Crippen LogP contribution in [0.3, 0.4) is 0 Å². The fourth-order valence-electron chi connectivity index (χ4n) is 3.74. The number of aryl methyl sites for hydroxylation is 2. The number of guanidine groups is 1. The maximum Gasteiger partial charge on any atom is 0.227 e. The Balaban J connectivity index is 1.44. The first-order chi connectivity index (χ1) is 15.0. The summed E-state index contributed by atoms with van der Waals surface area (Å²) in [7, 11) is 1.74. The fraction of sp³-hybridized carbons (Fsp3) is 0.458. The van der Waals surface area contributed by atoms with Gasteiger partial charge in [0.05, 0.1) is 6.10 Å². The number of carbonyl (C=O) groups is 1. The van der Waals surface area contributed by atoms with E-state index < -0.39 is 0 Å².